The first kappa shape index (κ1) is 27.6. The zero-order chi connectivity index (χ0) is 31.1. The number of aromatic nitrogens is 4. The van der Waals surface area contributed by atoms with Crippen LogP contribution in [0, 0.1) is 0 Å². The molecule has 5 aromatic carbocycles. The van der Waals surface area contributed by atoms with Crippen molar-refractivity contribution < 1.29 is 0 Å². The van der Waals surface area contributed by atoms with Gasteiger partial charge in [0.2, 0.25) is 0 Å². The summed E-state index contributed by atoms with van der Waals surface area (Å²) in [7, 11) is 0. The van der Waals surface area contributed by atoms with Gasteiger partial charge in [0.05, 0.1) is 5.69 Å². The molecule has 3 heterocycles. The molecule has 7 aromatic rings. The summed E-state index contributed by atoms with van der Waals surface area (Å²) in [6, 6.07) is 50.1. The lowest BCUT2D eigenvalue weighted by Gasteiger charge is -2.41. The Balaban J connectivity index is 1.29. The highest BCUT2D eigenvalue weighted by molar-refractivity contribution is 5.87. The van der Waals surface area contributed by atoms with Gasteiger partial charge in [-0.3, -0.25) is 4.90 Å². The van der Waals surface area contributed by atoms with Crippen molar-refractivity contribution in [2.24, 2.45) is 0 Å². The van der Waals surface area contributed by atoms with Crippen molar-refractivity contribution in [3.63, 3.8) is 0 Å². The zero-order valence-corrected chi connectivity index (χ0v) is 25.7. The number of nitrogens with zero attached hydrogens (tertiary/aromatic N) is 5. The molecule has 0 atom stereocenters. The molecule has 8 rings (SSSR count). The van der Waals surface area contributed by atoms with E-state index in [0.29, 0.717) is 17.5 Å². The summed E-state index contributed by atoms with van der Waals surface area (Å²) < 4.78 is 0. The lowest BCUT2D eigenvalue weighted by atomic mass is 9.74. The van der Waals surface area contributed by atoms with Gasteiger partial charge < -0.3 is 0 Å². The highest BCUT2D eigenvalue weighted by atomic mass is 15.2. The van der Waals surface area contributed by atoms with Crippen LogP contribution in [0.1, 0.15) is 25.0 Å². The molecule has 0 radical (unpaired) electrons. The highest BCUT2D eigenvalue weighted by Crippen LogP contribution is 2.52. The van der Waals surface area contributed by atoms with Gasteiger partial charge in [-0.05, 0) is 47.0 Å². The van der Waals surface area contributed by atoms with Crippen molar-refractivity contribution in [2.75, 3.05) is 4.90 Å². The molecule has 5 heteroatoms. The average Bonchev–Trinajstić information content (AvgIpc) is 3.13. The third-order valence-electron chi connectivity index (χ3n) is 8.75. The minimum Gasteiger partial charge on any atom is -0.294 e. The molecule has 2 aromatic heterocycles. The Labute approximate surface area is 269 Å². The van der Waals surface area contributed by atoms with E-state index in [9.17, 15) is 0 Å². The van der Waals surface area contributed by atoms with Crippen LogP contribution in [0.25, 0.3) is 45.3 Å². The number of benzene rings is 5. The van der Waals surface area contributed by atoms with Crippen molar-refractivity contribution in [3.05, 3.63) is 163 Å². The van der Waals surface area contributed by atoms with Gasteiger partial charge in [0, 0.05) is 39.6 Å². The predicted octanol–water partition coefficient (Wildman–Crippen LogP) is 10.0. The summed E-state index contributed by atoms with van der Waals surface area (Å²) in [5, 5.41) is 0. The standard InChI is InChI=1S/C41H31N5/c1-41(2)34-22-13-25-42-40(34)46(36-24-23-31(27-35(36)41)28-14-6-3-7-15-28)33-21-12-20-32(26-33)39-44-37(29-16-8-4-9-17-29)43-38(45-39)30-18-10-5-11-19-30/h3-27H,1-2H3. The lowest BCUT2D eigenvalue weighted by Crippen LogP contribution is -2.31. The third kappa shape index (κ3) is 4.83. The summed E-state index contributed by atoms with van der Waals surface area (Å²) in [5.74, 6) is 2.82. The van der Waals surface area contributed by atoms with Crippen LogP contribution in [-0.4, -0.2) is 19.9 Å². The Morgan fingerprint density at radius 1 is 0.457 bits per heavy atom. The first-order valence-corrected chi connectivity index (χ1v) is 15.5. The number of hydrogen-bond donors (Lipinski definition) is 0. The van der Waals surface area contributed by atoms with Gasteiger partial charge in [0.15, 0.2) is 17.5 Å². The van der Waals surface area contributed by atoms with Crippen molar-refractivity contribution >= 4 is 17.2 Å². The van der Waals surface area contributed by atoms with E-state index in [1.807, 2.05) is 72.9 Å². The maximum absolute atomic E-state index is 4.99. The first-order chi connectivity index (χ1) is 22.6. The number of rotatable bonds is 5. The minimum absolute atomic E-state index is 0.249. The van der Waals surface area contributed by atoms with Crippen LogP contribution in [0.2, 0.25) is 0 Å². The van der Waals surface area contributed by atoms with Crippen LogP contribution >= 0.6 is 0 Å². The van der Waals surface area contributed by atoms with E-state index >= 15 is 0 Å². The molecule has 1 aliphatic heterocycles. The monoisotopic (exact) mass is 593 g/mol. The molecular weight excluding hydrogens is 562 g/mol. The van der Waals surface area contributed by atoms with Gasteiger partial charge in [-0.2, -0.15) is 0 Å². The van der Waals surface area contributed by atoms with Crippen molar-refractivity contribution in [1.29, 1.82) is 0 Å². The highest BCUT2D eigenvalue weighted by Gasteiger charge is 2.38. The smallest absolute Gasteiger partial charge is 0.164 e. The van der Waals surface area contributed by atoms with Crippen molar-refractivity contribution in [3.8, 4) is 45.3 Å². The fourth-order valence-corrected chi connectivity index (χ4v) is 6.35. The number of anilines is 3. The van der Waals surface area contributed by atoms with Gasteiger partial charge in [-0.15, -0.1) is 0 Å². The van der Waals surface area contributed by atoms with Gasteiger partial charge in [0.1, 0.15) is 5.82 Å². The van der Waals surface area contributed by atoms with Crippen LogP contribution < -0.4 is 4.90 Å². The molecule has 0 N–H and O–H groups in total. The lowest BCUT2D eigenvalue weighted by molar-refractivity contribution is 0.627. The third-order valence-corrected chi connectivity index (χ3v) is 8.75. The summed E-state index contributed by atoms with van der Waals surface area (Å²) in [6.45, 7) is 4.58. The second kappa shape index (κ2) is 11.2. The Bertz CT molecular complexity index is 2120. The van der Waals surface area contributed by atoms with Crippen molar-refractivity contribution in [1.82, 2.24) is 19.9 Å². The van der Waals surface area contributed by atoms with E-state index in [4.69, 9.17) is 19.9 Å². The van der Waals surface area contributed by atoms with Gasteiger partial charge in [-0.25, -0.2) is 19.9 Å². The topological polar surface area (TPSA) is 54.8 Å². The molecule has 46 heavy (non-hydrogen) atoms. The summed E-state index contributed by atoms with van der Waals surface area (Å²) in [6.07, 6.45) is 1.87. The average molecular weight is 594 g/mol. The zero-order valence-electron chi connectivity index (χ0n) is 25.7. The molecule has 1 aliphatic rings. The van der Waals surface area contributed by atoms with E-state index in [-0.39, 0.29) is 5.41 Å². The number of hydrogen-bond acceptors (Lipinski definition) is 5. The second-order valence-corrected chi connectivity index (χ2v) is 12.0. The summed E-state index contributed by atoms with van der Waals surface area (Å²) in [4.78, 5) is 22.1. The molecule has 0 aliphatic carbocycles. The van der Waals surface area contributed by atoms with E-state index in [2.05, 4.69) is 97.6 Å². The predicted molar refractivity (Wildman–Crippen MR) is 186 cm³/mol. The van der Waals surface area contributed by atoms with E-state index < -0.39 is 0 Å². The first-order valence-electron chi connectivity index (χ1n) is 15.5. The van der Waals surface area contributed by atoms with Crippen LogP contribution in [0.4, 0.5) is 17.2 Å². The fourth-order valence-electron chi connectivity index (χ4n) is 6.35. The molecule has 0 saturated heterocycles. The fraction of sp³-hybridized carbons (Fsp3) is 0.0732. The van der Waals surface area contributed by atoms with Crippen LogP contribution in [0.15, 0.2) is 152 Å². The minimum atomic E-state index is -0.249. The molecule has 0 spiro atoms. The Morgan fingerprint density at radius 3 is 1.65 bits per heavy atom. The quantitative estimate of drug-likeness (QED) is 0.199. The van der Waals surface area contributed by atoms with Crippen LogP contribution in [0.3, 0.4) is 0 Å². The maximum atomic E-state index is 4.99. The van der Waals surface area contributed by atoms with Crippen LogP contribution in [-0.2, 0) is 5.41 Å². The number of pyridine rings is 1. The molecule has 0 saturated carbocycles. The largest absolute Gasteiger partial charge is 0.294 e. The molecule has 0 unspecified atom stereocenters. The maximum Gasteiger partial charge on any atom is 0.164 e. The number of fused-ring (bicyclic) bond motifs is 2. The molecule has 0 fully saturated rings. The van der Waals surface area contributed by atoms with E-state index in [0.717, 1.165) is 33.9 Å². The van der Waals surface area contributed by atoms with E-state index in [1.54, 1.807) is 0 Å². The normalized spacial score (nSPS) is 13.1. The summed E-state index contributed by atoms with van der Waals surface area (Å²) in [5.41, 5.74) is 9.46. The Kier molecular flexibility index (Phi) is 6.72. The summed E-state index contributed by atoms with van der Waals surface area (Å²) >= 11 is 0. The molecule has 0 bridgehead atoms. The second-order valence-electron chi connectivity index (χ2n) is 12.0. The molecule has 0 amide bonds. The van der Waals surface area contributed by atoms with Gasteiger partial charge in [-0.1, -0.05) is 129 Å². The SMILES string of the molecule is CC1(C)c2cc(-c3ccccc3)ccc2N(c2cccc(-c3nc(-c4ccccc4)nc(-c4ccccc4)n3)c2)c2ncccc21. The molecule has 5 nitrogen and oxygen atoms in total. The van der Waals surface area contributed by atoms with Gasteiger partial charge in [0.25, 0.3) is 0 Å². The molecule has 220 valence electrons. The van der Waals surface area contributed by atoms with Gasteiger partial charge >= 0.3 is 0 Å². The van der Waals surface area contributed by atoms with Crippen molar-refractivity contribution in [2.45, 2.75) is 19.3 Å². The van der Waals surface area contributed by atoms with E-state index in [1.165, 1.54) is 22.3 Å². The Hall–Kier alpha value is -5.94. The molecular formula is C41H31N5. The Morgan fingerprint density at radius 2 is 1.02 bits per heavy atom. The van der Waals surface area contributed by atoms with Crippen LogP contribution in [0.5, 0.6) is 0 Å².